The summed E-state index contributed by atoms with van der Waals surface area (Å²) < 4.78 is 13.0. The molecule has 0 radical (unpaired) electrons. The van der Waals surface area contributed by atoms with Gasteiger partial charge >= 0.3 is 0 Å². The topological polar surface area (TPSA) is 12.9 Å². The van der Waals surface area contributed by atoms with Gasteiger partial charge < -0.3 is 0 Å². The number of halogens is 4. The molecule has 5 heteroatoms. The van der Waals surface area contributed by atoms with Crippen LogP contribution in [0.4, 0.5) is 4.39 Å². The van der Waals surface area contributed by atoms with Crippen LogP contribution in [-0.4, -0.2) is 4.98 Å². The second-order valence-electron chi connectivity index (χ2n) is 3.09. The number of pyridine rings is 1. The number of hydrogen-bond acceptors (Lipinski definition) is 1. The van der Waals surface area contributed by atoms with Crippen molar-refractivity contribution in [2.75, 3.05) is 0 Å². The van der Waals surface area contributed by atoms with Crippen molar-refractivity contribution in [1.29, 1.82) is 0 Å². The van der Waals surface area contributed by atoms with E-state index in [0.29, 0.717) is 21.2 Å². The fourth-order valence-corrected chi connectivity index (χ4v) is 1.96. The Morgan fingerprint density at radius 1 is 1.00 bits per heavy atom. The lowest BCUT2D eigenvalue weighted by molar-refractivity contribution is 0.584. The largest absolute Gasteiger partial charge is 0.228 e. The Balaban J connectivity index is 2.61. The van der Waals surface area contributed by atoms with E-state index in [-0.39, 0.29) is 5.02 Å². The molecule has 0 saturated carbocycles. The maximum Gasteiger partial charge on any atom is 0.213 e. The van der Waals surface area contributed by atoms with Crippen LogP contribution in [0.1, 0.15) is 0 Å². The van der Waals surface area contributed by atoms with Crippen molar-refractivity contribution in [3.63, 3.8) is 0 Å². The molecular formula is C11H5Cl3FN. The quantitative estimate of drug-likeness (QED) is 0.536. The minimum absolute atomic E-state index is 0.262. The van der Waals surface area contributed by atoms with Crippen molar-refractivity contribution in [3.05, 3.63) is 51.5 Å². The average molecular weight is 277 g/mol. The SMILES string of the molecule is Fc1cc(-c2ccc(Cl)c(Cl)c2Cl)ccn1. The fourth-order valence-electron chi connectivity index (χ4n) is 1.32. The minimum Gasteiger partial charge on any atom is -0.228 e. The summed E-state index contributed by atoms with van der Waals surface area (Å²) in [6, 6.07) is 6.23. The van der Waals surface area contributed by atoms with E-state index >= 15 is 0 Å². The lowest BCUT2D eigenvalue weighted by Crippen LogP contribution is -1.85. The molecule has 0 amide bonds. The van der Waals surface area contributed by atoms with Crippen LogP contribution in [-0.2, 0) is 0 Å². The average Bonchev–Trinajstić information content (AvgIpc) is 2.26. The molecule has 1 nitrogen and oxygen atoms in total. The first kappa shape index (κ1) is 11.6. The normalized spacial score (nSPS) is 10.5. The summed E-state index contributed by atoms with van der Waals surface area (Å²) in [5.74, 6) is -0.570. The highest BCUT2D eigenvalue weighted by Gasteiger charge is 2.10. The van der Waals surface area contributed by atoms with Gasteiger partial charge in [-0.1, -0.05) is 40.9 Å². The van der Waals surface area contributed by atoms with E-state index in [2.05, 4.69) is 4.98 Å². The van der Waals surface area contributed by atoms with E-state index in [1.807, 2.05) is 0 Å². The van der Waals surface area contributed by atoms with Crippen LogP contribution in [0, 0.1) is 5.95 Å². The maximum absolute atomic E-state index is 13.0. The van der Waals surface area contributed by atoms with Crippen LogP contribution < -0.4 is 0 Å². The van der Waals surface area contributed by atoms with Gasteiger partial charge in [-0.3, -0.25) is 0 Å². The van der Waals surface area contributed by atoms with Gasteiger partial charge in [0.1, 0.15) is 0 Å². The molecule has 0 aliphatic heterocycles. The monoisotopic (exact) mass is 275 g/mol. The van der Waals surface area contributed by atoms with Crippen LogP contribution >= 0.6 is 34.8 Å². The first-order valence-electron chi connectivity index (χ1n) is 4.35. The van der Waals surface area contributed by atoms with Crippen molar-refractivity contribution in [3.8, 4) is 11.1 Å². The van der Waals surface area contributed by atoms with Crippen LogP contribution in [0.15, 0.2) is 30.5 Å². The third-order valence-corrected chi connectivity index (χ3v) is 3.37. The molecule has 0 atom stereocenters. The number of rotatable bonds is 1. The van der Waals surface area contributed by atoms with Crippen molar-refractivity contribution < 1.29 is 4.39 Å². The smallest absolute Gasteiger partial charge is 0.213 e. The molecule has 0 aliphatic rings. The van der Waals surface area contributed by atoms with Gasteiger partial charge in [-0.05, 0) is 17.7 Å². The number of benzene rings is 1. The van der Waals surface area contributed by atoms with E-state index in [4.69, 9.17) is 34.8 Å². The Morgan fingerprint density at radius 3 is 2.44 bits per heavy atom. The Kier molecular flexibility index (Phi) is 3.33. The summed E-state index contributed by atoms with van der Waals surface area (Å²) in [5.41, 5.74) is 1.23. The minimum atomic E-state index is -0.570. The predicted octanol–water partition coefficient (Wildman–Crippen LogP) is 4.85. The van der Waals surface area contributed by atoms with E-state index in [9.17, 15) is 4.39 Å². The Hall–Kier alpha value is -0.830. The molecule has 0 spiro atoms. The molecule has 2 rings (SSSR count). The molecular weight excluding hydrogens is 271 g/mol. The third kappa shape index (κ3) is 2.14. The molecule has 0 saturated heterocycles. The molecule has 0 N–H and O–H groups in total. The van der Waals surface area contributed by atoms with E-state index < -0.39 is 5.95 Å². The summed E-state index contributed by atoms with van der Waals surface area (Å²) in [6.45, 7) is 0. The van der Waals surface area contributed by atoms with Gasteiger partial charge in [0, 0.05) is 17.8 Å². The molecule has 1 heterocycles. The number of hydrogen-bond donors (Lipinski definition) is 0. The summed E-state index contributed by atoms with van der Waals surface area (Å²) in [5, 5.41) is 0.933. The molecule has 0 bridgehead atoms. The molecule has 2 aromatic rings. The van der Waals surface area contributed by atoms with E-state index in [1.165, 1.54) is 12.3 Å². The van der Waals surface area contributed by atoms with E-state index in [0.717, 1.165) is 0 Å². The molecule has 1 aromatic carbocycles. The van der Waals surface area contributed by atoms with Crippen molar-refractivity contribution >= 4 is 34.8 Å². The summed E-state index contributed by atoms with van der Waals surface area (Å²) in [7, 11) is 0. The molecule has 0 unspecified atom stereocenters. The van der Waals surface area contributed by atoms with Gasteiger partial charge in [-0.15, -0.1) is 0 Å². The summed E-state index contributed by atoms with van der Waals surface area (Å²) >= 11 is 17.7. The Bertz CT molecular complexity index is 543. The fraction of sp³-hybridized carbons (Fsp3) is 0. The van der Waals surface area contributed by atoms with Crippen LogP contribution in [0.3, 0.4) is 0 Å². The Labute approximate surface area is 107 Å². The molecule has 16 heavy (non-hydrogen) atoms. The first-order chi connectivity index (χ1) is 7.59. The van der Waals surface area contributed by atoms with Crippen molar-refractivity contribution in [2.45, 2.75) is 0 Å². The van der Waals surface area contributed by atoms with Crippen molar-refractivity contribution in [1.82, 2.24) is 4.98 Å². The second kappa shape index (κ2) is 4.58. The van der Waals surface area contributed by atoms with Gasteiger partial charge in [0.15, 0.2) is 0 Å². The highest BCUT2D eigenvalue weighted by atomic mass is 35.5. The third-order valence-electron chi connectivity index (χ3n) is 2.07. The van der Waals surface area contributed by atoms with Crippen molar-refractivity contribution in [2.24, 2.45) is 0 Å². The number of aromatic nitrogens is 1. The van der Waals surface area contributed by atoms with Gasteiger partial charge in [0.05, 0.1) is 15.1 Å². The summed E-state index contributed by atoms with van der Waals surface area (Å²) in [6.07, 6.45) is 1.36. The van der Waals surface area contributed by atoms with Gasteiger partial charge in [-0.25, -0.2) is 4.98 Å². The van der Waals surface area contributed by atoms with Gasteiger partial charge in [0.25, 0.3) is 0 Å². The summed E-state index contributed by atoms with van der Waals surface area (Å²) in [4.78, 5) is 3.47. The van der Waals surface area contributed by atoms with E-state index in [1.54, 1.807) is 18.2 Å². The Morgan fingerprint density at radius 2 is 1.75 bits per heavy atom. The molecule has 82 valence electrons. The van der Waals surface area contributed by atoms with Crippen LogP contribution in [0.5, 0.6) is 0 Å². The highest BCUT2D eigenvalue weighted by Crippen LogP contribution is 2.37. The van der Waals surface area contributed by atoms with Crippen LogP contribution in [0.2, 0.25) is 15.1 Å². The van der Waals surface area contributed by atoms with Gasteiger partial charge in [-0.2, -0.15) is 4.39 Å². The first-order valence-corrected chi connectivity index (χ1v) is 5.48. The maximum atomic E-state index is 13.0. The lowest BCUT2D eigenvalue weighted by Gasteiger charge is -2.07. The second-order valence-corrected chi connectivity index (χ2v) is 4.25. The molecule has 0 fully saturated rings. The highest BCUT2D eigenvalue weighted by molar-refractivity contribution is 6.49. The molecule has 1 aromatic heterocycles. The standard InChI is InChI=1S/C11H5Cl3FN/c12-8-2-1-7(10(13)11(8)14)6-3-4-16-9(15)5-6/h1-5H. The lowest BCUT2D eigenvalue weighted by atomic mass is 10.1. The van der Waals surface area contributed by atoms with Gasteiger partial charge in [0.2, 0.25) is 5.95 Å². The zero-order valence-electron chi connectivity index (χ0n) is 7.85. The zero-order valence-corrected chi connectivity index (χ0v) is 10.1. The predicted molar refractivity (Wildman–Crippen MR) is 64.7 cm³/mol. The zero-order chi connectivity index (χ0) is 11.7. The molecule has 0 aliphatic carbocycles. The number of nitrogens with zero attached hydrogens (tertiary/aromatic N) is 1. The van der Waals surface area contributed by atoms with Crippen LogP contribution in [0.25, 0.3) is 11.1 Å².